The van der Waals surface area contributed by atoms with Crippen molar-refractivity contribution in [3.63, 3.8) is 0 Å². The molecule has 1 rings (SSSR count). The summed E-state index contributed by atoms with van der Waals surface area (Å²) in [7, 11) is 0. The molecular weight excluding hydrogens is 164 g/mol. The number of hydrogen-bond acceptors (Lipinski definition) is 2. The minimum absolute atomic E-state index is 0.0160. The van der Waals surface area contributed by atoms with Crippen LogP contribution in [0.25, 0.3) is 0 Å². The standard InChI is InChI=1S/C11H22O2/c1-8-5-6-9(10(2,3)12)7-11(8,4)13/h8-9,12-13H,5-7H2,1-4H3/t8?,9-,11+/m1/s1/i2T/t8?,9-,10?,11+. The number of hydrogen-bond donors (Lipinski definition) is 2. The maximum absolute atomic E-state index is 10.1. The molecule has 1 saturated carbocycles. The molecule has 0 aromatic carbocycles. The first-order valence-corrected chi connectivity index (χ1v) is 5.03. The van der Waals surface area contributed by atoms with Gasteiger partial charge in [0, 0.05) is 1.37 Å². The molecule has 2 nitrogen and oxygen atoms in total. The molecule has 0 amide bonds. The Morgan fingerprint density at radius 2 is 2.15 bits per heavy atom. The van der Waals surface area contributed by atoms with E-state index in [2.05, 4.69) is 0 Å². The summed E-state index contributed by atoms with van der Waals surface area (Å²) in [5, 5.41) is 20.1. The molecule has 0 aromatic heterocycles. The van der Waals surface area contributed by atoms with E-state index >= 15 is 0 Å². The van der Waals surface area contributed by atoms with E-state index in [9.17, 15) is 10.2 Å². The van der Waals surface area contributed by atoms with Crippen molar-refractivity contribution in [3.05, 3.63) is 0 Å². The molecule has 13 heavy (non-hydrogen) atoms. The SMILES string of the molecule is [3H]CC(C)(O)[C@@H]1CCC(C)[C@@](C)(O)C1. The highest BCUT2D eigenvalue weighted by molar-refractivity contribution is 4.92. The zero-order chi connectivity index (χ0) is 11.0. The van der Waals surface area contributed by atoms with Gasteiger partial charge in [-0.2, -0.15) is 0 Å². The smallest absolute Gasteiger partial charge is 0.0648 e. The van der Waals surface area contributed by atoms with Gasteiger partial charge in [0.25, 0.3) is 0 Å². The highest BCUT2D eigenvalue weighted by atomic mass is 16.3. The quantitative estimate of drug-likeness (QED) is 0.660. The van der Waals surface area contributed by atoms with Gasteiger partial charge in [-0.25, -0.2) is 0 Å². The van der Waals surface area contributed by atoms with E-state index in [1.165, 1.54) is 0 Å². The number of aliphatic hydroxyl groups is 2. The largest absolute Gasteiger partial charge is 0.390 e. The van der Waals surface area contributed by atoms with E-state index in [0.717, 1.165) is 12.8 Å². The molecule has 4 atom stereocenters. The molecule has 78 valence electrons. The summed E-state index contributed by atoms with van der Waals surface area (Å²) in [6, 6.07) is 0. The Morgan fingerprint density at radius 1 is 1.54 bits per heavy atom. The normalized spacial score (nSPS) is 46.7. The minimum atomic E-state index is -0.940. The molecule has 2 N–H and O–H groups in total. The van der Waals surface area contributed by atoms with Crippen molar-refractivity contribution in [1.29, 1.82) is 0 Å². The van der Waals surface area contributed by atoms with Gasteiger partial charge >= 0.3 is 0 Å². The molecule has 0 aliphatic heterocycles. The van der Waals surface area contributed by atoms with Crippen LogP contribution in [0.5, 0.6) is 0 Å². The Balaban J connectivity index is 2.69. The first kappa shape index (κ1) is 9.47. The fourth-order valence-electron chi connectivity index (χ4n) is 2.10. The molecule has 1 aliphatic carbocycles. The van der Waals surface area contributed by atoms with E-state index < -0.39 is 11.2 Å². The monoisotopic (exact) mass is 188 g/mol. The molecule has 0 bridgehead atoms. The summed E-state index contributed by atoms with van der Waals surface area (Å²) in [4.78, 5) is 0. The third-order valence-corrected chi connectivity index (χ3v) is 3.55. The summed E-state index contributed by atoms with van der Waals surface area (Å²) in [6.07, 6.45) is 2.47. The van der Waals surface area contributed by atoms with Gasteiger partial charge < -0.3 is 10.2 Å². The Bertz CT molecular complexity index is 199. The topological polar surface area (TPSA) is 40.5 Å². The Kier molecular flexibility index (Phi) is 2.37. The van der Waals surface area contributed by atoms with Gasteiger partial charge in [0.1, 0.15) is 0 Å². The van der Waals surface area contributed by atoms with Crippen molar-refractivity contribution in [2.45, 2.75) is 58.1 Å². The Labute approximate surface area is 82.4 Å². The van der Waals surface area contributed by atoms with Crippen LogP contribution in [-0.4, -0.2) is 21.4 Å². The molecule has 0 heterocycles. The molecule has 0 radical (unpaired) electrons. The van der Waals surface area contributed by atoms with Gasteiger partial charge in [-0.15, -0.1) is 0 Å². The van der Waals surface area contributed by atoms with Crippen LogP contribution in [0.1, 0.15) is 48.3 Å². The van der Waals surface area contributed by atoms with Crippen LogP contribution in [0.4, 0.5) is 0 Å². The van der Waals surface area contributed by atoms with Gasteiger partial charge in [-0.3, -0.25) is 0 Å². The summed E-state index contributed by atoms with van der Waals surface area (Å²) in [5.41, 5.74) is -1.62. The van der Waals surface area contributed by atoms with E-state index in [-0.39, 0.29) is 12.8 Å². The fraction of sp³-hybridized carbons (Fsp3) is 1.00. The van der Waals surface area contributed by atoms with E-state index in [1.54, 1.807) is 6.92 Å². The van der Waals surface area contributed by atoms with Gasteiger partial charge in [-0.1, -0.05) is 6.92 Å². The molecule has 0 aromatic rings. The molecular formula is C11H22O2. The molecule has 2 unspecified atom stereocenters. The minimum Gasteiger partial charge on any atom is -0.390 e. The van der Waals surface area contributed by atoms with Crippen LogP contribution in [0.2, 0.25) is 0 Å². The Hall–Kier alpha value is -0.0800. The second-order valence-corrected chi connectivity index (χ2v) is 5.09. The van der Waals surface area contributed by atoms with Crippen LogP contribution < -0.4 is 0 Å². The molecule has 1 fully saturated rings. The van der Waals surface area contributed by atoms with E-state index in [0.29, 0.717) is 12.3 Å². The van der Waals surface area contributed by atoms with E-state index in [4.69, 9.17) is 1.37 Å². The van der Waals surface area contributed by atoms with Gasteiger partial charge in [0.05, 0.1) is 11.2 Å². The maximum Gasteiger partial charge on any atom is 0.0648 e. The maximum atomic E-state index is 10.1. The second kappa shape index (κ2) is 3.25. The summed E-state index contributed by atoms with van der Waals surface area (Å²) in [6.45, 7) is 5.61. The van der Waals surface area contributed by atoms with Gasteiger partial charge in [0.2, 0.25) is 0 Å². The van der Waals surface area contributed by atoms with Crippen molar-refractivity contribution in [2.24, 2.45) is 11.8 Å². The lowest BCUT2D eigenvalue weighted by atomic mass is 9.68. The summed E-state index contributed by atoms with van der Waals surface area (Å²) < 4.78 is 7.29. The van der Waals surface area contributed by atoms with Crippen molar-refractivity contribution < 1.29 is 11.6 Å². The summed E-state index contributed by atoms with van der Waals surface area (Å²) in [5.74, 6) is 0.353. The third-order valence-electron chi connectivity index (χ3n) is 3.55. The third kappa shape index (κ3) is 2.44. The Morgan fingerprint density at radius 3 is 2.62 bits per heavy atom. The fourth-order valence-corrected chi connectivity index (χ4v) is 2.10. The predicted octanol–water partition coefficient (Wildman–Crippen LogP) is 1.94. The van der Waals surface area contributed by atoms with Crippen molar-refractivity contribution in [1.82, 2.24) is 0 Å². The lowest BCUT2D eigenvalue weighted by molar-refractivity contribution is -0.0931. The summed E-state index contributed by atoms with van der Waals surface area (Å²) >= 11 is 0. The van der Waals surface area contributed by atoms with Crippen molar-refractivity contribution in [3.8, 4) is 0 Å². The van der Waals surface area contributed by atoms with Gasteiger partial charge in [-0.05, 0) is 51.8 Å². The average Bonchev–Trinajstić information content (AvgIpc) is 2.09. The van der Waals surface area contributed by atoms with Gasteiger partial charge in [0.15, 0.2) is 0 Å². The zero-order valence-electron chi connectivity index (χ0n) is 9.88. The first-order chi connectivity index (χ1) is 6.29. The second-order valence-electron chi connectivity index (χ2n) is 5.09. The van der Waals surface area contributed by atoms with Crippen LogP contribution in [0, 0.1) is 11.8 Å². The highest BCUT2D eigenvalue weighted by Gasteiger charge is 2.41. The van der Waals surface area contributed by atoms with Crippen LogP contribution in [0.3, 0.4) is 0 Å². The lowest BCUT2D eigenvalue weighted by Crippen LogP contribution is -2.45. The zero-order valence-corrected chi connectivity index (χ0v) is 8.88. The van der Waals surface area contributed by atoms with Crippen LogP contribution in [-0.2, 0) is 0 Å². The highest BCUT2D eigenvalue weighted by Crippen LogP contribution is 2.40. The van der Waals surface area contributed by atoms with Crippen LogP contribution >= 0.6 is 0 Å². The lowest BCUT2D eigenvalue weighted by Gasteiger charge is -2.43. The molecule has 1 aliphatic rings. The van der Waals surface area contributed by atoms with Crippen molar-refractivity contribution in [2.75, 3.05) is 0 Å². The van der Waals surface area contributed by atoms with Crippen molar-refractivity contribution >= 4 is 0 Å². The molecule has 2 heteroatoms. The van der Waals surface area contributed by atoms with Crippen LogP contribution in [0.15, 0.2) is 0 Å². The molecule has 0 saturated heterocycles. The predicted molar refractivity (Wildman–Crippen MR) is 53.4 cm³/mol. The molecule has 0 spiro atoms. The first-order valence-electron chi connectivity index (χ1n) is 5.74. The number of rotatable bonds is 1. The van der Waals surface area contributed by atoms with E-state index in [1.807, 2.05) is 13.8 Å². The average molecular weight is 188 g/mol.